The number of aryl methyl sites for hydroxylation is 2. The van der Waals surface area contributed by atoms with E-state index in [1.165, 1.54) is 4.68 Å². The Morgan fingerprint density at radius 1 is 1.56 bits per heavy atom. The van der Waals surface area contributed by atoms with E-state index in [0.29, 0.717) is 11.0 Å². The minimum atomic E-state index is -0.171. The fourth-order valence-electron chi connectivity index (χ4n) is 1.59. The predicted molar refractivity (Wildman–Crippen MR) is 70.5 cm³/mol. The van der Waals surface area contributed by atoms with Crippen molar-refractivity contribution >= 4 is 21.6 Å². The topological polar surface area (TPSA) is 64.2 Å². The lowest BCUT2D eigenvalue weighted by molar-refractivity contribution is 0.390. The average Bonchev–Trinajstić information content (AvgIpc) is 2.71. The van der Waals surface area contributed by atoms with E-state index in [2.05, 4.69) is 26.2 Å². The molecule has 0 radical (unpaired) electrons. The highest BCUT2D eigenvalue weighted by Gasteiger charge is 2.12. The first-order valence-corrected chi connectivity index (χ1v) is 6.13. The van der Waals surface area contributed by atoms with Crippen LogP contribution in [0.1, 0.15) is 11.5 Å². The van der Waals surface area contributed by atoms with Gasteiger partial charge in [0.25, 0.3) is 5.56 Å². The van der Waals surface area contributed by atoms with Gasteiger partial charge in [0.1, 0.15) is 15.9 Å². The second kappa shape index (κ2) is 4.93. The zero-order valence-electron chi connectivity index (χ0n) is 10.3. The molecule has 0 aliphatic heterocycles. The van der Waals surface area contributed by atoms with Crippen LogP contribution in [-0.2, 0) is 13.6 Å². The summed E-state index contributed by atoms with van der Waals surface area (Å²) in [4.78, 5) is 13.6. The molecule has 2 aromatic heterocycles. The maximum Gasteiger partial charge on any atom is 0.282 e. The molecule has 0 fully saturated rings. The fraction of sp³-hybridized carbons (Fsp3) is 0.364. The van der Waals surface area contributed by atoms with Gasteiger partial charge in [-0.3, -0.25) is 4.79 Å². The van der Waals surface area contributed by atoms with Crippen LogP contribution >= 0.6 is 15.9 Å². The third kappa shape index (κ3) is 2.45. The van der Waals surface area contributed by atoms with Gasteiger partial charge in [-0.05, 0) is 22.9 Å². The van der Waals surface area contributed by atoms with E-state index in [1.807, 2.05) is 24.9 Å². The molecule has 2 aromatic rings. The highest BCUT2D eigenvalue weighted by atomic mass is 79.9. The summed E-state index contributed by atoms with van der Waals surface area (Å²) in [5.41, 5.74) is 1.36. The number of halogens is 1. The summed E-state index contributed by atoms with van der Waals surface area (Å²) in [6.07, 6.45) is 1.64. The molecule has 18 heavy (non-hydrogen) atoms. The van der Waals surface area contributed by atoms with Gasteiger partial charge in [-0.15, -0.1) is 0 Å². The second-order valence-corrected chi connectivity index (χ2v) is 4.85. The SMILES string of the molecule is Cc1cc(CN(C)c2cnn(C)c(=O)c2Br)no1. The van der Waals surface area contributed by atoms with Crippen molar-refractivity contribution in [1.82, 2.24) is 14.9 Å². The summed E-state index contributed by atoms with van der Waals surface area (Å²) in [6, 6.07) is 1.86. The third-order valence-corrected chi connectivity index (χ3v) is 3.29. The molecular formula is C11H13BrN4O2. The van der Waals surface area contributed by atoms with Crippen LogP contribution in [0.25, 0.3) is 0 Å². The van der Waals surface area contributed by atoms with Crippen molar-refractivity contribution < 1.29 is 4.52 Å². The monoisotopic (exact) mass is 312 g/mol. The van der Waals surface area contributed by atoms with E-state index in [0.717, 1.165) is 17.1 Å². The van der Waals surface area contributed by atoms with Crippen molar-refractivity contribution in [3.8, 4) is 0 Å². The molecule has 96 valence electrons. The van der Waals surface area contributed by atoms with E-state index >= 15 is 0 Å². The van der Waals surface area contributed by atoms with Gasteiger partial charge in [-0.25, -0.2) is 4.68 Å². The van der Waals surface area contributed by atoms with E-state index in [9.17, 15) is 4.79 Å². The predicted octanol–water partition coefficient (Wildman–Crippen LogP) is 1.48. The molecule has 0 atom stereocenters. The van der Waals surface area contributed by atoms with Crippen molar-refractivity contribution in [2.24, 2.45) is 7.05 Å². The van der Waals surface area contributed by atoms with E-state index < -0.39 is 0 Å². The summed E-state index contributed by atoms with van der Waals surface area (Å²) in [5.74, 6) is 0.763. The van der Waals surface area contributed by atoms with Gasteiger partial charge in [0.2, 0.25) is 0 Å². The Hall–Kier alpha value is -1.63. The lowest BCUT2D eigenvalue weighted by atomic mass is 10.3. The molecule has 0 N–H and O–H groups in total. The van der Waals surface area contributed by atoms with Crippen molar-refractivity contribution in [1.29, 1.82) is 0 Å². The Morgan fingerprint density at radius 2 is 2.28 bits per heavy atom. The molecule has 0 aliphatic carbocycles. The van der Waals surface area contributed by atoms with Crippen LogP contribution in [0.15, 0.2) is 26.1 Å². The van der Waals surface area contributed by atoms with Crippen LogP contribution in [0.5, 0.6) is 0 Å². The summed E-state index contributed by atoms with van der Waals surface area (Å²) >= 11 is 3.29. The number of nitrogens with zero attached hydrogens (tertiary/aromatic N) is 4. The molecule has 0 saturated carbocycles. The maximum absolute atomic E-state index is 11.7. The third-order valence-electron chi connectivity index (χ3n) is 2.55. The van der Waals surface area contributed by atoms with Gasteiger partial charge in [-0.2, -0.15) is 5.10 Å². The second-order valence-electron chi connectivity index (χ2n) is 4.06. The highest BCUT2D eigenvalue weighted by molar-refractivity contribution is 9.10. The standard InChI is InChI=1S/C11H13BrN4O2/c1-7-4-8(14-18-7)6-15(2)9-5-13-16(3)11(17)10(9)12/h4-5H,6H2,1-3H3. The molecule has 0 spiro atoms. The summed E-state index contributed by atoms with van der Waals surface area (Å²) < 4.78 is 6.77. The maximum atomic E-state index is 11.7. The molecule has 7 heteroatoms. The summed E-state index contributed by atoms with van der Waals surface area (Å²) in [5, 5.41) is 7.91. The number of hydrogen-bond donors (Lipinski definition) is 0. The molecule has 0 amide bonds. The molecule has 0 unspecified atom stereocenters. The Balaban J connectivity index is 2.26. The highest BCUT2D eigenvalue weighted by Crippen LogP contribution is 2.21. The number of aromatic nitrogens is 3. The van der Waals surface area contributed by atoms with Crippen LogP contribution < -0.4 is 10.5 Å². The Bertz CT molecular complexity index is 620. The minimum Gasteiger partial charge on any atom is -0.366 e. The van der Waals surface area contributed by atoms with Gasteiger partial charge in [0.05, 0.1) is 18.4 Å². The quantitative estimate of drug-likeness (QED) is 0.859. The Labute approximate surface area is 112 Å². The van der Waals surface area contributed by atoms with Crippen LogP contribution in [0.2, 0.25) is 0 Å². The van der Waals surface area contributed by atoms with Crippen LogP contribution in [0, 0.1) is 6.92 Å². The van der Waals surface area contributed by atoms with Gasteiger partial charge in [-0.1, -0.05) is 5.16 Å². The fourth-order valence-corrected chi connectivity index (χ4v) is 2.25. The smallest absolute Gasteiger partial charge is 0.282 e. The summed E-state index contributed by atoms with van der Waals surface area (Å²) in [7, 11) is 3.48. The molecule has 0 aromatic carbocycles. The molecular weight excluding hydrogens is 300 g/mol. The largest absolute Gasteiger partial charge is 0.366 e. The zero-order valence-corrected chi connectivity index (χ0v) is 11.9. The van der Waals surface area contributed by atoms with E-state index in [1.54, 1.807) is 13.2 Å². The Morgan fingerprint density at radius 3 is 2.89 bits per heavy atom. The van der Waals surface area contributed by atoms with E-state index in [-0.39, 0.29) is 5.56 Å². The average molecular weight is 313 g/mol. The van der Waals surface area contributed by atoms with E-state index in [4.69, 9.17) is 4.52 Å². The van der Waals surface area contributed by atoms with Crippen molar-refractivity contribution in [3.63, 3.8) is 0 Å². The van der Waals surface area contributed by atoms with Crippen LogP contribution in [0.3, 0.4) is 0 Å². The lowest BCUT2D eigenvalue weighted by Gasteiger charge is -2.18. The molecule has 6 nitrogen and oxygen atoms in total. The summed E-state index contributed by atoms with van der Waals surface area (Å²) in [6.45, 7) is 2.39. The molecule has 2 rings (SSSR count). The normalized spacial score (nSPS) is 10.7. The van der Waals surface area contributed by atoms with Gasteiger partial charge >= 0.3 is 0 Å². The van der Waals surface area contributed by atoms with Gasteiger partial charge in [0.15, 0.2) is 0 Å². The van der Waals surface area contributed by atoms with Gasteiger partial charge in [0, 0.05) is 20.2 Å². The van der Waals surface area contributed by atoms with Gasteiger partial charge < -0.3 is 9.42 Å². The molecule has 2 heterocycles. The minimum absolute atomic E-state index is 0.171. The molecule has 0 aliphatic rings. The first-order chi connectivity index (χ1) is 8.49. The zero-order chi connectivity index (χ0) is 13.3. The van der Waals surface area contributed by atoms with Crippen LogP contribution in [0.4, 0.5) is 5.69 Å². The lowest BCUT2D eigenvalue weighted by Crippen LogP contribution is -2.25. The first-order valence-electron chi connectivity index (χ1n) is 5.34. The van der Waals surface area contributed by atoms with Crippen molar-refractivity contribution in [3.05, 3.63) is 38.5 Å². The van der Waals surface area contributed by atoms with Crippen LogP contribution in [-0.4, -0.2) is 22.0 Å². The van der Waals surface area contributed by atoms with Crippen molar-refractivity contribution in [2.75, 3.05) is 11.9 Å². The molecule has 0 saturated heterocycles. The van der Waals surface area contributed by atoms with Crippen molar-refractivity contribution in [2.45, 2.75) is 13.5 Å². The number of hydrogen-bond acceptors (Lipinski definition) is 5. The first kappa shape index (κ1) is 12.8. The number of anilines is 1. The molecule has 0 bridgehead atoms. The number of rotatable bonds is 3. The Kier molecular flexibility index (Phi) is 3.51.